The highest BCUT2D eigenvalue weighted by Gasteiger charge is 2.58. The van der Waals surface area contributed by atoms with Crippen molar-refractivity contribution in [2.75, 3.05) is 32.1 Å². The van der Waals surface area contributed by atoms with Crippen molar-refractivity contribution < 1.29 is 42.4 Å². The van der Waals surface area contributed by atoms with Crippen molar-refractivity contribution in [1.82, 2.24) is 4.90 Å². The number of nitrogens with one attached hydrogen (secondary N) is 1. The van der Waals surface area contributed by atoms with Crippen LogP contribution in [0.4, 0.5) is 23.7 Å². The molecular weight excluding hydrogens is 697 g/mol. The summed E-state index contributed by atoms with van der Waals surface area (Å²) < 4.78 is 52.5. The van der Waals surface area contributed by atoms with Crippen molar-refractivity contribution in [3.63, 3.8) is 0 Å². The van der Waals surface area contributed by atoms with Crippen LogP contribution >= 0.6 is 0 Å². The first-order valence-corrected chi connectivity index (χ1v) is 18.9. The van der Waals surface area contributed by atoms with E-state index in [1.807, 2.05) is 26.0 Å². The minimum Gasteiger partial charge on any atom is -0.497 e. The minimum atomic E-state index is -4.62. The summed E-state index contributed by atoms with van der Waals surface area (Å²) in [7, 11) is 1.57. The van der Waals surface area contributed by atoms with E-state index in [9.17, 15) is 33.0 Å². The molecule has 54 heavy (non-hydrogen) atoms. The molecular formula is C43H51F3N2O6. The third-order valence-electron chi connectivity index (χ3n) is 11.9. The number of benzene rings is 3. The average Bonchev–Trinajstić information content (AvgIpc) is 3.75. The Labute approximate surface area is 315 Å². The molecule has 3 aliphatic carbocycles. The summed E-state index contributed by atoms with van der Waals surface area (Å²) in [6.07, 6.45) is 1.71. The highest BCUT2D eigenvalue weighted by molar-refractivity contribution is 6.10. The second kappa shape index (κ2) is 16.3. The van der Waals surface area contributed by atoms with Crippen LogP contribution in [-0.4, -0.2) is 71.5 Å². The number of allylic oxidation sites excluding steroid dienone is 2. The molecule has 0 spiro atoms. The minimum absolute atomic E-state index is 0.00568. The van der Waals surface area contributed by atoms with Gasteiger partial charge in [0.15, 0.2) is 5.78 Å². The highest BCUT2D eigenvalue weighted by atomic mass is 19.4. The largest absolute Gasteiger partial charge is 0.497 e. The molecule has 2 bridgehead atoms. The third-order valence-corrected chi connectivity index (χ3v) is 11.9. The molecule has 2 amide bonds. The smallest absolute Gasteiger partial charge is 0.416 e. The van der Waals surface area contributed by atoms with E-state index in [1.165, 1.54) is 12.1 Å². The molecule has 5 atom stereocenters. The number of methoxy groups -OCH3 is 1. The number of fused-ring (bicyclic) bond motifs is 8. The number of hydrogen-bond donors (Lipinski definition) is 3. The molecule has 1 heterocycles. The number of aliphatic hydroxyl groups excluding tert-OH is 1. The number of aliphatic hydroxyl groups is 2. The van der Waals surface area contributed by atoms with Gasteiger partial charge in [-0.15, -0.1) is 0 Å². The third kappa shape index (κ3) is 8.69. The topological polar surface area (TPSA) is 108 Å². The average molecular weight is 749 g/mol. The monoisotopic (exact) mass is 748 g/mol. The molecule has 4 aliphatic rings. The molecule has 8 nitrogen and oxygen atoms in total. The SMILES string of the molecule is COc1ccc(NC(=O)N(CC2CCCO2)CC2(O)CCC3c4ccc(cc4C(=O)c4cccc(C(F)(F)F)c4)CC(O)CCC(C)=CCCC32C)cc1. The Morgan fingerprint density at radius 1 is 1.04 bits per heavy atom. The van der Waals surface area contributed by atoms with Crippen LogP contribution in [0.1, 0.15) is 104 Å². The molecule has 0 aromatic heterocycles. The number of ketones is 1. The van der Waals surface area contributed by atoms with Gasteiger partial charge in [0, 0.05) is 35.4 Å². The van der Waals surface area contributed by atoms with Gasteiger partial charge in [0.25, 0.3) is 0 Å². The molecule has 1 saturated carbocycles. The molecule has 0 radical (unpaired) electrons. The van der Waals surface area contributed by atoms with Crippen molar-refractivity contribution in [3.8, 4) is 5.75 Å². The van der Waals surface area contributed by atoms with E-state index in [4.69, 9.17) is 9.47 Å². The first-order valence-electron chi connectivity index (χ1n) is 18.9. The van der Waals surface area contributed by atoms with Gasteiger partial charge in [-0.3, -0.25) is 4.79 Å². The Morgan fingerprint density at radius 2 is 1.81 bits per heavy atom. The summed E-state index contributed by atoms with van der Waals surface area (Å²) in [6.45, 7) is 4.93. The number of urea groups is 1. The summed E-state index contributed by atoms with van der Waals surface area (Å²) in [5.41, 5.74) is 0.0275. The van der Waals surface area contributed by atoms with Crippen LogP contribution in [0.25, 0.3) is 0 Å². The van der Waals surface area contributed by atoms with Gasteiger partial charge in [-0.1, -0.05) is 42.8 Å². The van der Waals surface area contributed by atoms with Crippen LogP contribution in [0.15, 0.2) is 78.4 Å². The fourth-order valence-electron chi connectivity index (χ4n) is 8.63. The number of hydrogen-bond acceptors (Lipinski definition) is 6. The zero-order chi connectivity index (χ0) is 38.7. The fraction of sp³-hybridized carbons (Fsp3) is 0.488. The van der Waals surface area contributed by atoms with Crippen LogP contribution in [0.2, 0.25) is 0 Å². The standard InChI is InChI=1S/C43H51F3N2O6/c1-28-7-5-20-41(2)38(19-21-42(41,52)27-48(26-35-10-6-22-54-35)40(51)47-32-13-16-34(53-3)17-14-32)36-18-12-29(23-33(49)15-11-28)24-37(36)39(50)30-8-4-9-31(25-30)43(44,45)46/h4,7-9,12-14,16-18,24-25,33,35,38,49,52H,5-6,10-11,15,19-23,26-27H2,1-3H3,(H,47,51). The highest BCUT2D eigenvalue weighted by Crippen LogP contribution is 2.59. The van der Waals surface area contributed by atoms with E-state index in [0.29, 0.717) is 67.7 Å². The number of alkyl halides is 3. The molecule has 3 aromatic carbocycles. The van der Waals surface area contributed by atoms with E-state index in [2.05, 4.69) is 11.4 Å². The Kier molecular flexibility index (Phi) is 11.9. The van der Waals surface area contributed by atoms with Gasteiger partial charge >= 0.3 is 12.2 Å². The lowest BCUT2D eigenvalue weighted by molar-refractivity contribution is -0.137. The predicted octanol–water partition coefficient (Wildman–Crippen LogP) is 8.70. The second-order valence-electron chi connectivity index (χ2n) is 15.5. The summed E-state index contributed by atoms with van der Waals surface area (Å²) in [6, 6.07) is 16.5. The van der Waals surface area contributed by atoms with Crippen molar-refractivity contribution in [2.45, 2.75) is 102 Å². The van der Waals surface area contributed by atoms with Crippen molar-refractivity contribution in [1.29, 1.82) is 0 Å². The number of nitrogens with zero attached hydrogens (tertiary/aromatic N) is 1. The lowest BCUT2D eigenvalue weighted by Crippen LogP contribution is -2.55. The number of amides is 2. The summed E-state index contributed by atoms with van der Waals surface area (Å²) in [5, 5.41) is 26.9. The number of halogens is 3. The van der Waals surface area contributed by atoms with Gasteiger partial charge in [-0.05, 0) is 124 Å². The Morgan fingerprint density at radius 3 is 2.52 bits per heavy atom. The van der Waals surface area contributed by atoms with Gasteiger partial charge in [-0.2, -0.15) is 13.2 Å². The molecule has 290 valence electrons. The summed E-state index contributed by atoms with van der Waals surface area (Å²) in [4.78, 5) is 30.0. The first kappa shape index (κ1) is 39.5. The molecule has 1 aliphatic heterocycles. The van der Waals surface area contributed by atoms with Gasteiger partial charge in [0.1, 0.15) is 5.75 Å². The van der Waals surface area contributed by atoms with Gasteiger partial charge in [-0.25, -0.2) is 4.79 Å². The maximum atomic E-state index is 14.3. The van der Waals surface area contributed by atoms with Gasteiger partial charge in [0.05, 0.1) is 37.0 Å². The fourth-order valence-corrected chi connectivity index (χ4v) is 8.63. The Hall–Kier alpha value is -4.19. The normalized spacial score (nSPS) is 26.1. The zero-order valence-corrected chi connectivity index (χ0v) is 31.3. The Balaban J connectivity index is 1.40. The van der Waals surface area contributed by atoms with Gasteiger partial charge in [0.2, 0.25) is 0 Å². The van der Waals surface area contributed by atoms with Crippen LogP contribution < -0.4 is 10.1 Å². The number of rotatable bonds is 8. The van der Waals surface area contributed by atoms with Crippen LogP contribution in [0.5, 0.6) is 5.75 Å². The van der Waals surface area contributed by atoms with Crippen molar-refractivity contribution in [2.24, 2.45) is 5.41 Å². The van der Waals surface area contributed by atoms with E-state index in [0.717, 1.165) is 30.5 Å². The van der Waals surface area contributed by atoms with Crippen LogP contribution in [0.3, 0.4) is 0 Å². The van der Waals surface area contributed by atoms with Crippen LogP contribution in [0, 0.1) is 5.41 Å². The molecule has 5 unspecified atom stereocenters. The molecule has 2 fully saturated rings. The van der Waals surface area contributed by atoms with Crippen LogP contribution in [-0.2, 0) is 17.3 Å². The van der Waals surface area contributed by atoms with E-state index in [1.54, 1.807) is 42.3 Å². The molecule has 1 saturated heterocycles. The summed E-state index contributed by atoms with van der Waals surface area (Å²) >= 11 is 0. The molecule has 7 rings (SSSR count). The second-order valence-corrected chi connectivity index (χ2v) is 15.5. The quantitative estimate of drug-likeness (QED) is 0.157. The predicted molar refractivity (Wildman–Crippen MR) is 201 cm³/mol. The van der Waals surface area contributed by atoms with Crippen molar-refractivity contribution >= 4 is 17.5 Å². The zero-order valence-electron chi connectivity index (χ0n) is 31.3. The number of carbonyl (C=O) groups excluding carboxylic acids is 2. The van der Waals surface area contributed by atoms with E-state index in [-0.39, 0.29) is 48.7 Å². The van der Waals surface area contributed by atoms with E-state index >= 15 is 0 Å². The maximum absolute atomic E-state index is 14.3. The van der Waals surface area contributed by atoms with Crippen molar-refractivity contribution in [3.05, 3.63) is 106 Å². The number of anilines is 1. The molecule has 3 N–H and O–H groups in total. The number of carbonyl (C=O) groups is 2. The Bertz CT molecular complexity index is 1840. The lowest BCUT2D eigenvalue weighted by Gasteiger charge is -2.46. The summed E-state index contributed by atoms with van der Waals surface area (Å²) in [5.74, 6) is -0.277. The first-order chi connectivity index (χ1) is 25.7. The molecule has 11 heteroatoms. The maximum Gasteiger partial charge on any atom is 0.416 e. The van der Waals surface area contributed by atoms with E-state index < -0.39 is 34.6 Å². The lowest BCUT2D eigenvalue weighted by atomic mass is 9.64. The molecule has 3 aromatic rings. The van der Waals surface area contributed by atoms with Gasteiger partial charge < -0.3 is 29.9 Å². The number of ether oxygens (including phenoxy) is 2.